The summed E-state index contributed by atoms with van der Waals surface area (Å²) in [5, 5.41) is 11.9. The van der Waals surface area contributed by atoms with Crippen LogP contribution in [0.15, 0.2) is 34.2 Å². The first-order valence-electron chi connectivity index (χ1n) is 10.8. The van der Waals surface area contributed by atoms with Gasteiger partial charge in [0.15, 0.2) is 5.96 Å². The number of halogens is 1. The van der Waals surface area contributed by atoms with Crippen LogP contribution in [0.2, 0.25) is 0 Å². The fourth-order valence-electron chi connectivity index (χ4n) is 4.19. The minimum atomic E-state index is -3.73. The van der Waals surface area contributed by atoms with Gasteiger partial charge in [-0.15, -0.1) is 24.0 Å². The molecule has 31 heavy (non-hydrogen) atoms. The number of nitrogens with one attached hydrogen (secondary N) is 2. The Morgan fingerprint density at radius 1 is 1.23 bits per heavy atom. The Labute approximate surface area is 202 Å². The highest BCUT2D eigenvalue weighted by atomic mass is 127. The summed E-state index contributed by atoms with van der Waals surface area (Å²) in [5.74, 6) is 1.17. The van der Waals surface area contributed by atoms with E-state index in [-0.39, 0.29) is 40.8 Å². The first-order valence-corrected chi connectivity index (χ1v) is 12.4. The van der Waals surface area contributed by atoms with Crippen LogP contribution in [0.25, 0.3) is 0 Å². The van der Waals surface area contributed by atoms with Crippen LogP contribution in [-0.4, -0.2) is 50.9 Å². The van der Waals surface area contributed by atoms with Gasteiger partial charge in [-0.05, 0) is 43.9 Å². The number of amides is 1. The van der Waals surface area contributed by atoms with Gasteiger partial charge in [0.05, 0.1) is 11.4 Å². The minimum absolute atomic E-state index is 0. The zero-order chi connectivity index (χ0) is 21.6. The molecule has 1 heterocycles. The lowest BCUT2D eigenvalue weighted by molar-refractivity contribution is -0.135. The monoisotopic (exact) mass is 563 g/mol. The molecule has 1 aromatic carbocycles. The topological polar surface area (TPSA) is 117 Å². The summed E-state index contributed by atoms with van der Waals surface area (Å²) in [5.41, 5.74) is 0.763. The van der Waals surface area contributed by atoms with Crippen molar-refractivity contribution in [1.29, 1.82) is 0 Å². The third kappa shape index (κ3) is 7.60. The van der Waals surface area contributed by atoms with Gasteiger partial charge in [0.25, 0.3) is 0 Å². The van der Waals surface area contributed by atoms with Crippen LogP contribution >= 0.6 is 24.0 Å². The molecule has 4 N–H and O–H groups in total. The lowest BCUT2D eigenvalue weighted by Gasteiger charge is -2.26. The molecule has 2 fully saturated rings. The molecule has 3 rings (SSSR count). The molecule has 1 aromatic rings. The molecule has 174 valence electrons. The van der Waals surface area contributed by atoms with E-state index in [4.69, 9.17) is 5.14 Å². The van der Waals surface area contributed by atoms with Gasteiger partial charge in [-0.1, -0.05) is 31.4 Å². The number of carbonyl (C=O) groups is 1. The van der Waals surface area contributed by atoms with E-state index >= 15 is 0 Å². The zero-order valence-electron chi connectivity index (χ0n) is 18.0. The van der Waals surface area contributed by atoms with Gasteiger partial charge < -0.3 is 15.5 Å². The van der Waals surface area contributed by atoms with E-state index in [0.717, 1.165) is 44.2 Å². The summed E-state index contributed by atoms with van der Waals surface area (Å²) in [6.07, 6.45) is 6.51. The van der Waals surface area contributed by atoms with E-state index in [2.05, 4.69) is 15.6 Å². The molecule has 8 nitrogen and oxygen atoms in total. The smallest absolute Gasteiger partial charge is 0.238 e. The van der Waals surface area contributed by atoms with Crippen molar-refractivity contribution in [1.82, 2.24) is 15.5 Å². The van der Waals surface area contributed by atoms with E-state index in [0.29, 0.717) is 31.5 Å². The maximum absolute atomic E-state index is 12.8. The fourth-order valence-corrected chi connectivity index (χ4v) is 4.77. The number of rotatable bonds is 6. The van der Waals surface area contributed by atoms with E-state index in [1.807, 2.05) is 17.9 Å². The van der Waals surface area contributed by atoms with Crippen molar-refractivity contribution >= 4 is 45.9 Å². The van der Waals surface area contributed by atoms with Crippen molar-refractivity contribution in [3.63, 3.8) is 0 Å². The third-order valence-corrected chi connectivity index (χ3v) is 6.70. The van der Waals surface area contributed by atoms with Crippen LogP contribution in [0, 0.1) is 5.92 Å². The van der Waals surface area contributed by atoms with Gasteiger partial charge in [0.1, 0.15) is 0 Å². The van der Waals surface area contributed by atoms with Crippen LogP contribution in [0.5, 0.6) is 0 Å². The Hall–Kier alpha value is -1.40. The number of guanidine groups is 1. The van der Waals surface area contributed by atoms with Crippen LogP contribution in [0.4, 0.5) is 0 Å². The van der Waals surface area contributed by atoms with Gasteiger partial charge in [0.2, 0.25) is 15.9 Å². The standard InChI is InChI=1S/C21H33N5O3S.HI/c1-2-23-21(24-14-16-7-6-10-19(13-16)30(22,28)29)25-18-11-12-26(15-18)20(27)17-8-4-3-5-9-17;/h6-7,10,13,17-18H,2-5,8-9,11-12,14-15H2,1H3,(H2,22,28,29)(H2,23,24,25);1H. The Kier molecular flexibility index (Phi) is 10.0. The quantitative estimate of drug-likeness (QED) is 0.279. The summed E-state index contributed by atoms with van der Waals surface area (Å²) in [6.45, 7) is 4.51. The maximum Gasteiger partial charge on any atom is 0.238 e. The molecule has 1 aliphatic heterocycles. The van der Waals surface area contributed by atoms with Crippen molar-refractivity contribution in [3.05, 3.63) is 29.8 Å². The lowest BCUT2D eigenvalue weighted by atomic mass is 9.88. The predicted molar refractivity (Wildman–Crippen MR) is 133 cm³/mol. The number of sulfonamides is 1. The molecule has 0 radical (unpaired) electrons. The molecular formula is C21H34IN5O3S. The Morgan fingerprint density at radius 2 is 1.97 bits per heavy atom. The molecule has 1 unspecified atom stereocenters. The predicted octanol–water partition coefficient (Wildman–Crippen LogP) is 2.19. The number of hydrogen-bond donors (Lipinski definition) is 3. The molecule has 1 amide bonds. The van der Waals surface area contributed by atoms with Gasteiger partial charge in [0, 0.05) is 31.6 Å². The van der Waals surface area contributed by atoms with Crippen molar-refractivity contribution in [3.8, 4) is 0 Å². The molecule has 0 bridgehead atoms. The van der Waals surface area contributed by atoms with E-state index in [1.54, 1.807) is 12.1 Å². The number of carbonyl (C=O) groups excluding carboxylic acids is 1. The van der Waals surface area contributed by atoms with E-state index < -0.39 is 10.0 Å². The highest BCUT2D eigenvalue weighted by Gasteiger charge is 2.31. The highest BCUT2D eigenvalue weighted by molar-refractivity contribution is 14.0. The van der Waals surface area contributed by atoms with Crippen molar-refractivity contribution in [2.75, 3.05) is 19.6 Å². The average molecular weight is 564 g/mol. The molecule has 10 heteroatoms. The van der Waals surface area contributed by atoms with E-state index in [1.165, 1.54) is 12.5 Å². The molecule has 1 atom stereocenters. The largest absolute Gasteiger partial charge is 0.357 e. The molecular weight excluding hydrogens is 529 g/mol. The minimum Gasteiger partial charge on any atom is -0.357 e. The van der Waals surface area contributed by atoms with Crippen LogP contribution in [0.1, 0.15) is 51.0 Å². The summed E-state index contributed by atoms with van der Waals surface area (Å²) in [6, 6.07) is 6.66. The van der Waals surface area contributed by atoms with Crippen LogP contribution < -0.4 is 15.8 Å². The Balaban J connectivity index is 0.00000341. The number of primary sulfonamides is 1. The average Bonchev–Trinajstić information content (AvgIpc) is 3.20. The second-order valence-electron chi connectivity index (χ2n) is 8.14. The molecule has 0 spiro atoms. The normalized spacial score (nSPS) is 20.3. The van der Waals surface area contributed by atoms with Gasteiger partial charge in [-0.2, -0.15) is 0 Å². The SMILES string of the molecule is CCNC(=NCc1cccc(S(N)(=O)=O)c1)NC1CCN(C(=O)C2CCCCC2)C1.I. The molecule has 0 aromatic heterocycles. The number of benzene rings is 1. The summed E-state index contributed by atoms with van der Waals surface area (Å²) in [4.78, 5) is 19.4. The van der Waals surface area contributed by atoms with Crippen molar-refractivity contribution < 1.29 is 13.2 Å². The molecule has 1 saturated carbocycles. The number of aliphatic imine (C=N–C) groups is 1. The first-order chi connectivity index (χ1) is 14.4. The highest BCUT2D eigenvalue weighted by Crippen LogP contribution is 2.26. The Bertz CT molecular complexity index is 872. The van der Waals surface area contributed by atoms with E-state index in [9.17, 15) is 13.2 Å². The number of nitrogens with zero attached hydrogens (tertiary/aromatic N) is 2. The maximum atomic E-state index is 12.8. The van der Waals surface area contributed by atoms with Crippen LogP contribution in [0.3, 0.4) is 0 Å². The third-order valence-electron chi connectivity index (χ3n) is 5.79. The van der Waals surface area contributed by atoms with Gasteiger partial charge in [-0.3, -0.25) is 4.79 Å². The molecule has 1 aliphatic carbocycles. The number of likely N-dealkylation sites (tertiary alicyclic amines) is 1. The fraction of sp³-hybridized carbons (Fsp3) is 0.619. The number of nitrogens with two attached hydrogens (primary N) is 1. The second-order valence-corrected chi connectivity index (χ2v) is 9.70. The van der Waals surface area contributed by atoms with Crippen molar-refractivity contribution in [2.45, 2.75) is 62.9 Å². The number of hydrogen-bond acceptors (Lipinski definition) is 4. The Morgan fingerprint density at radius 3 is 2.65 bits per heavy atom. The first kappa shape index (κ1) is 25.9. The second kappa shape index (κ2) is 12.0. The van der Waals surface area contributed by atoms with Crippen LogP contribution in [-0.2, 0) is 21.4 Å². The zero-order valence-corrected chi connectivity index (χ0v) is 21.2. The van der Waals surface area contributed by atoms with Gasteiger partial charge in [-0.25, -0.2) is 18.5 Å². The summed E-state index contributed by atoms with van der Waals surface area (Å²) in [7, 11) is -3.73. The van der Waals surface area contributed by atoms with Crippen molar-refractivity contribution in [2.24, 2.45) is 16.0 Å². The lowest BCUT2D eigenvalue weighted by Crippen LogP contribution is -2.45. The molecule has 2 aliphatic rings. The van der Waals surface area contributed by atoms with Gasteiger partial charge >= 0.3 is 0 Å². The molecule has 1 saturated heterocycles. The summed E-state index contributed by atoms with van der Waals surface area (Å²) < 4.78 is 23.1. The summed E-state index contributed by atoms with van der Waals surface area (Å²) >= 11 is 0.